The highest BCUT2D eigenvalue weighted by molar-refractivity contribution is 6.28. The van der Waals surface area contributed by atoms with E-state index < -0.39 is 11.6 Å². The maximum atomic E-state index is 12.7. The standard InChI is InChI=1S/C16H14O5/c1-20-9-5-6-10-12(8-9)15(18)13-11(14(10)17)4-3-7-16(13,19)21-2/h3-6,8,19H,7H2,1-2H3. The fraction of sp³-hybridized carbons (Fsp3) is 0.250. The van der Waals surface area contributed by atoms with Gasteiger partial charge in [0, 0.05) is 30.2 Å². The first-order chi connectivity index (χ1) is 10.0. The normalized spacial score (nSPS) is 24.0. The third-order valence-corrected chi connectivity index (χ3v) is 3.86. The van der Waals surface area contributed by atoms with Crippen molar-refractivity contribution < 1.29 is 24.2 Å². The number of rotatable bonds is 2. The average Bonchev–Trinajstić information content (AvgIpc) is 2.51. The number of aliphatic hydroxyl groups is 1. The van der Waals surface area contributed by atoms with Crippen molar-refractivity contribution in [2.24, 2.45) is 0 Å². The average molecular weight is 286 g/mol. The lowest BCUT2D eigenvalue weighted by atomic mass is 9.77. The Labute approximate surface area is 121 Å². The highest BCUT2D eigenvalue weighted by Crippen LogP contribution is 2.39. The van der Waals surface area contributed by atoms with E-state index in [4.69, 9.17) is 9.47 Å². The molecular weight excluding hydrogens is 272 g/mol. The van der Waals surface area contributed by atoms with E-state index in [2.05, 4.69) is 0 Å². The predicted molar refractivity (Wildman–Crippen MR) is 74.4 cm³/mol. The van der Waals surface area contributed by atoms with E-state index in [0.717, 1.165) is 0 Å². The van der Waals surface area contributed by atoms with Crippen LogP contribution in [-0.4, -0.2) is 36.7 Å². The predicted octanol–water partition coefficient (Wildman–Crippen LogP) is 1.67. The van der Waals surface area contributed by atoms with E-state index in [0.29, 0.717) is 11.3 Å². The molecule has 0 aromatic heterocycles. The van der Waals surface area contributed by atoms with Gasteiger partial charge in [-0.1, -0.05) is 12.2 Å². The van der Waals surface area contributed by atoms with Gasteiger partial charge in [0.2, 0.25) is 0 Å². The van der Waals surface area contributed by atoms with Gasteiger partial charge in [-0.25, -0.2) is 0 Å². The Hall–Kier alpha value is -2.24. The number of fused-ring (bicyclic) bond motifs is 1. The van der Waals surface area contributed by atoms with Crippen molar-refractivity contribution in [1.29, 1.82) is 0 Å². The van der Waals surface area contributed by atoms with Gasteiger partial charge in [0.15, 0.2) is 17.4 Å². The summed E-state index contributed by atoms with van der Waals surface area (Å²) in [6.45, 7) is 0. The van der Waals surface area contributed by atoms with Gasteiger partial charge >= 0.3 is 0 Å². The summed E-state index contributed by atoms with van der Waals surface area (Å²) in [7, 11) is 2.79. The third kappa shape index (κ3) is 1.86. The van der Waals surface area contributed by atoms with Gasteiger partial charge in [-0.2, -0.15) is 0 Å². The highest BCUT2D eigenvalue weighted by Gasteiger charge is 2.44. The molecule has 2 aliphatic carbocycles. The summed E-state index contributed by atoms with van der Waals surface area (Å²) in [6.07, 6.45) is 3.32. The van der Waals surface area contributed by atoms with Gasteiger partial charge in [0.25, 0.3) is 0 Å². The Bertz CT molecular complexity index is 713. The minimum Gasteiger partial charge on any atom is -0.497 e. The monoisotopic (exact) mass is 286 g/mol. The summed E-state index contributed by atoms with van der Waals surface area (Å²) < 4.78 is 10.2. The van der Waals surface area contributed by atoms with E-state index in [-0.39, 0.29) is 28.9 Å². The number of hydrogen-bond acceptors (Lipinski definition) is 5. The lowest BCUT2D eigenvalue weighted by Crippen LogP contribution is -2.42. The Balaban J connectivity index is 2.24. The van der Waals surface area contributed by atoms with Gasteiger partial charge in [0.1, 0.15) is 5.75 Å². The minimum atomic E-state index is -1.77. The summed E-state index contributed by atoms with van der Waals surface area (Å²) >= 11 is 0. The van der Waals surface area contributed by atoms with Crippen molar-refractivity contribution in [3.05, 3.63) is 52.6 Å². The third-order valence-electron chi connectivity index (χ3n) is 3.86. The summed E-state index contributed by atoms with van der Waals surface area (Å²) in [5.41, 5.74) is 0.722. The molecule has 3 rings (SSSR count). The molecule has 1 aromatic rings. The lowest BCUT2D eigenvalue weighted by molar-refractivity contribution is -0.150. The van der Waals surface area contributed by atoms with Crippen LogP contribution in [0.25, 0.3) is 0 Å². The molecule has 5 heteroatoms. The molecular formula is C16H14O5. The van der Waals surface area contributed by atoms with Crippen LogP contribution in [0.2, 0.25) is 0 Å². The zero-order valence-corrected chi connectivity index (χ0v) is 11.7. The molecule has 2 aliphatic rings. The minimum absolute atomic E-state index is 0.00162. The Morgan fingerprint density at radius 1 is 1.14 bits per heavy atom. The Morgan fingerprint density at radius 2 is 1.90 bits per heavy atom. The van der Waals surface area contributed by atoms with Crippen LogP contribution in [0, 0.1) is 0 Å². The second kappa shape index (κ2) is 4.65. The number of carbonyl (C=O) groups excluding carboxylic acids is 2. The zero-order valence-electron chi connectivity index (χ0n) is 11.7. The quantitative estimate of drug-likeness (QED) is 0.837. The molecule has 0 radical (unpaired) electrons. The molecule has 21 heavy (non-hydrogen) atoms. The molecule has 0 saturated heterocycles. The zero-order chi connectivity index (χ0) is 15.2. The van der Waals surface area contributed by atoms with Crippen LogP contribution in [0.5, 0.6) is 5.75 Å². The van der Waals surface area contributed by atoms with Crippen LogP contribution in [0.4, 0.5) is 0 Å². The summed E-state index contributed by atoms with van der Waals surface area (Å²) in [6, 6.07) is 4.70. The maximum Gasteiger partial charge on any atom is 0.200 e. The number of carbonyl (C=O) groups is 2. The van der Waals surface area contributed by atoms with Crippen LogP contribution in [-0.2, 0) is 4.74 Å². The van der Waals surface area contributed by atoms with Gasteiger partial charge in [-0.3, -0.25) is 9.59 Å². The van der Waals surface area contributed by atoms with Crippen LogP contribution >= 0.6 is 0 Å². The first-order valence-electron chi connectivity index (χ1n) is 6.48. The van der Waals surface area contributed by atoms with E-state index >= 15 is 0 Å². The molecule has 0 fully saturated rings. The van der Waals surface area contributed by atoms with Gasteiger partial charge in [0.05, 0.1) is 12.7 Å². The first kappa shape index (κ1) is 13.7. The molecule has 0 bridgehead atoms. The molecule has 0 saturated carbocycles. The highest BCUT2D eigenvalue weighted by atomic mass is 16.6. The number of ketones is 2. The van der Waals surface area contributed by atoms with E-state index in [1.807, 2.05) is 0 Å². The van der Waals surface area contributed by atoms with Crippen molar-refractivity contribution in [2.45, 2.75) is 12.2 Å². The van der Waals surface area contributed by atoms with Crippen molar-refractivity contribution in [3.8, 4) is 5.75 Å². The molecule has 0 heterocycles. The SMILES string of the molecule is COc1ccc2c(c1)C(=O)C1=C(C=CCC1(O)OC)C2=O. The molecule has 0 spiro atoms. The molecule has 1 atom stereocenters. The van der Waals surface area contributed by atoms with Crippen LogP contribution < -0.4 is 4.74 Å². The maximum absolute atomic E-state index is 12.7. The largest absolute Gasteiger partial charge is 0.497 e. The number of Topliss-reactive ketones (excluding diaryl/α,β-unsaturated/α-hetero) is 2. The number of methoxy groups -OCH3 is 2. The number of ether oxygens (including phenoxy) is 2. The van der Waals surface area contributed by atoms with Crippen molar-refractivity contribution in [1.82, 2.24) is 0 Å². The smallest absolute Gasteiger partial charge is 0.200 e. The Morgan fingerprint density at radius 3 is 2.57 bits per heavy atom. The molecule has 108 valence electrons. The molecule has 1 aromatic carbocycles. The lowest BCUT2D eigenvalue weighted by Gasteiger charge is -2.33. The van der Waals surface area contributed by atoms with E-state index in [1.54, 1.807) is 24.3 Å². The summed E-state index contributed by atoms with van der Waals surface area (Å²) in [4.78, 5) is 25.2. The van der Waals surface area contributed by atoms with Crippen molar-refractivity contribution in [3.63, 3.8) is 0 Å². The fourth-order valence-electron chi connectivity index (χ4n) is 2.72. The van der Waals surface area contributed by atoms with E-state index in [1.165, 1.54) is 20.3 Å². The molecule has 0 aliphatic heterocycles. The van der Waals surface area contributed by atoms with Gasteiger partial charge in [-0.15, -0.1) is 0 Å². The molecule has 1 N–H and O–H groups in total. The second-order valence-corrected chi connectivity index (χ2v) is 4.95. The molecule has 5 nitrogen and oxygen atoms in total. The second-order valence-electron chi connectivity index (χ2n) is 4.95. The number of allylic oxidation sites excluding steroid dienone is 2. The van der Waals surface area contributed by atoms with Crippen molar-refractivity contribution in [2.75, 3.05) is 14.2 Å². The van der Waals surface area contributed by atoms with Crippen LogP contribution in [0.15, 0.2) is 41.5 Å². The molecule has 0 amide bonds. The fourth-order valence-corrected chi connectivity index (χ4v) is 2.72. The summed E-state index contributed by atoms with van der Waals surface area (Å²) in [5.74, 6) is -2.00. The topological polar surface area (TPSA) is 72.8 Å². The van der Waals surface area contributed by atoms with Crippen LogP contribution in [0.3, 0.4) is 0 Å². The van der Waals surface area contributed by atoms with Gasteiger partial charge < -0.3 is 14.6 Å². The van der Waals surface area contributed by atoms with E-state index in [9.17, 15) is 14.7 Å². The summed E-state index contributed by atoms with van der Waals surface area (Å²) in [5, 5.41) is 10.5. The van der Waals surface area contributed by atoms with Crippen LogP contribution in [0.1, 0.15) is 27.1 Å². The van der Waals surface area contributed by atoms with Gasteiger partial charge in [-0.05, 0) is 18.2 Å². The first-order valence-corrected chi connectivity index (χ1v) is 6.48. The van der Waals surface area contributed by atoms with Crippen molar-refractivity contribution >= 4 is 11.6 Å². The number of benzene rings is 1. The Kier molecular flexibility index (Phi) is 3.04. The molecule has 1 unspecified atom stereocenters. The number of hydrogen-bond donors (Lipinski definition) is 1.